The molecular formula is C19H14F5NS. The lowest BCUT2D eigenvalue weighted by atomic mass is 9.97. The molecule has 7 heteroatoms. The van der Waals surface area contributed by atoms with E-state index >= 15 is 0 Å². The van der Waals surface area contributed by atoms with Crippen molar-refractivity contribution < 1.29 is 22.0 Å². The number of halogens is 5. The Bertz CT molecular complexity index is 895. The van der Waals surface area contributed by atoms with Gasteiger partial charge in [-0.2, -0.15) is 13.2 Å². The molecule has 3 rings (SSSR count). The van der Waals surface area contributed by atoms with Gasteiger partial charge in [0.05, 0.1) is 10.7 Å². The predicted octanol–water partition coefficient (Wildman–Crippen LogP) is 6.80. The molecule has 0 unspecified atom stereocenters. The Morgan fingerprint density at radius 3 is 1.81 bits per heavy atom. The molecule has 3 aromatic rings. The van der Waals surface area contributed by atoms with E-state index in [4.69, 9.17) is 0 Å². The van der Waals surface area contributed by atoms with Crippen molar-refractivity contribution in [2.24, 2.45) is 0 Å². The fraction of sp³-hybridized carbons (Fsp3) is 0.158. The zero-order valence-electron chi connectivity index (χ0n) is 13.6. The Labute approximate surface area is 151 Å². The minimum atomic E-state index is -4.45. The van der Waals surface area contributed by atoms with Crippen molar-refractivity contribution in [3.63, 3.8) is 0 Å². The summed E-state index contributed by atoms with van der Waals surface area (Å²) in [4.78, 5) is 2.83. The number of rotatable bonds is 4. The topological polar surface area (TPSA) is 15.8 Å². The van der Waals surface area contributed by atoms with Crippen molar-refractivity contribution >= 4 is 11.8 Å². The van der Waals surface area contributed by atoms with E-state index in [9.17, 15) is 22.0 Å². The maximum Gasteiger partial charge on any atom is 0.447 e. The van der Waals surface area contributed by atoms with Crippen LogP contribution in [0.3, 0.4) is 0 Å². The van der Waals surface area contributed by atoms with E-state index in [1.165, 1.54) is 48.5 Å². The van der Waals surface area contributed by atoms with Gasteiger partial charge in [0.15, 0.2) is 0 Å². The minimum absolute atomic E-state index is 0.0151. The number of hydrogen-bond donors (Lipinski definition) is 1. The third-order valence-electron chi connectivity index (χ3n) is 3.90. The van der Waals surface area contributed by atoms with Gasteiger partial charge in [-0.05, 0) is 59.5 Å². The number of nitrogens with one attached hydrogen (secondary N) is 1. The molecule has 0 bridgehead atoms. The van der Waals surface area contributed by atoms with Crippen LogP contribution >= 0.6 is 11.8 Å². The Morgan fingerprint density at radius 2 is 1.35 bits per heavy atom. The van der Waals surface area contributed by atoms with E-state index in [-0.39, 0.29) is 16.8 Å². The summed E-state index contributed by atoms with van der Waals surface area (Å²) in [7, 11) is 0. The maximum absolute atomic E-state index is 13.3. The molecule has 0 aliphatic heterocycles. The predicted molar refractivity (Wildman–Crippen MR) is 92.9 cm³/mol. The van der Waals surface area contributed by atoms with Crippen LogP contribution in [0.2, 0.25) is 0 Å². The van der Waals surface area contributed by atoms with Gasteiger partial charge in [0.2, 0.25) is 0 Å². The standard InChI is InChI=1S/C19H14F5NS/c1-2-15-16(11-3-7-13(20)8-4-11)17(12-5-9-14(21)10-6-12)25-18(15)26-19(22,23)24/h3-10,25H,2H2,1H3. The molecule has 26 heavy (non-hydrogen) atoms. The smallest absolute Gasteiger partial charge is 0.349 e. The lowest BCUT2D eigenvalue weighted by molar-refractivity contribution is -0.0329. The number of hydrogen-bond acceptors (Lipinski definition) is 1. The fourth-order valence-electron chi connectivity index (χ4n) is 2.82. The van der Waals surface area contributed by atoms with Crippen LogP contribution in [-0.4, -0.2) is 10.5 Å². The zero-order chi connectivity index (χ0) is 18.9. The number of aromatic amines is 1. The first-order valence-electron chi connectivity index (χ1n) is 7.81. The Hall–Kier alpha value is -2.28. The van der Waals surface area contributed by atoms with Crippen LogP contribution in [0.25, 0.3) is 22.4 Å². The molecule has 0 amide bonds. The van der Waals surface area contributed by atoms with Gasteiger partial charge in [-0.1, -0.05) is 19.1 Å². The summed E-state index contributed by atoms with van der Waals surface area (Å²) < 4.78 is 65.4. The van der Waals surface area contributed by atoms with E-state index in [2.05, 4.69) is 4.98 Å². The fourth-order valence-corrected chi connectivity index (χ4v) is 3.58. The van der Waals surface area contributed by atoms with E-state index in [1.54, 1.807) is 6.92 Å². The van der Waals surface area contributed by atoms with Gasteiger partial charge in [0.1, 0.15) is 11.6 Å². The van der Waals surface area contributed by atoms with E-state index in [0.717, 1.165) is 0 Å². The Kier molecular flexibility index (Phi) is 5.09. The Morgan fingerprint density at radius 1 is 0.846 bits per heavy atom. The highest BCUT2D eigenvalue weighted by atomic mass is 32.2. The highest BCUT2D eigenvalue weighted by Crippen LogP contribution is 2.45. The summed E-state index contributed by atoms with van der Waals surface area (Å²) in [5.74, 6) is -0.875. The third kappa shape index (κ3) is 3.93. The molecule has 1 heterocycles. The van der Waals surface area contributed by atoms with Crippen LogP contribution in [-0.2, 0) is 6.42 Å². The number of aromatic nitrogens is 1. The van der Waals surface area contributed by atoms with Gasteiger partial charge >= 0.3 is 5.51 Å². The molecule has 0 atom stereocenters. The summed E-state index contributed by atoms with van der Waals surface area (Å²) in [6.07, 6.45) is 0.350. The average molecular weight is 383 g/mol. The molecule has 1 nitrogen and oxygen atoms in total. The van der Waals surface area contributed by atoms with Crippen LogP contribution in [0.15, 0.2) is 53.6 Å². The molecule has 0 radical (unpaired) electrons. The van der Waals surface area contributed by atoms with Crippen LogP contribution in [0.1, 0.15) is 12.5 Å². The number of benzene rings is 2. The lowest BCUT2D eigenvalue weighted by Gasteiger charge is -2.08. The zero-order valence-corrected chi connectivity index (χ0v) is 14.4. The molecule has 1 aromatic heterocycles. The normalized spacial score (nSPS) is 11.8. The van der Waals surface area contributed by atoms with Crippen molar-refractivity contribution in [1.29, 1.82) is 0 Å². The Balaban J connectivity index is 2.23. The lowest BCUT2D eigenvalue weighted by Crippen LogP contribution is -2.00. The molecule has 136 valence electrons. The van der Waals surface area contributed by atoms with Crippen LogP contribution in [0.4, 0.5) is 22.0 Å². The second-order valence-corrected chi connectivity index (χ2v) is 6.67. The minimum Gasteiger partial charge on any atom is -0.349 e. The first-order valence-corrected chi connectivity index (χ1v) is 8.62. The van der Waals surface area contributed by atoms with Crippen LogP contribution in [0, 0.1) is 11.6 Å². The summed E-state index contributed by atoms with van der Waals surface area (Å²) >= 11 is -0.221. The van der Waals surface area contributed by atoms with Gasteiger partial charge in [-0.15, -0.1) is 0 Å². The van der Waals surface area contributed by atoms with Crippen molar-refractivity contribution in [3.8, 4) is 22.4 Å². The van der Waals surface area contributed by atoms with Crippen molar-refractivity contribution in [2.75, 3.05) is 0 Å². The van der Waals surface area contributed by atoms with Crippen molar-refractivity contribution in [1.82, 2.24) is 4.98 Å². The summed E-state index contributed by atoms with van der Waals surface area (Å²) in [5.41, 5.74) is -1.82. The third-order valence-corrected chi connectivity index (χ3v) is 4.69. The molecule has 0 aliphatic rings. The molecule has 2 aromatic carbocycles. The summed E-state index contributed by atoms with van der Waals surface area (Å²) in [6, 6.07) is 11.0. The molecule has 0 fully saturated rings. The maximum atomic E-state index is 13.3. The van der Waals surface area contributed by atoms with Gasteiger partial charge in [-0.3, -0.25) is 0 Å². The molecule has 0 saturated carbocycles. The monoisotopic (exact) mass is 383 g/mol. The highest BCUT2D eigenvalue weighted by molar-refractivity contribution is 8.00. The number of H-pyrrole nitrogens is 1. The van der Waals surface area contributed by atoms with Gasteiger partial charge in [-0.25, -0.2) is 8.78 Å². The quantitative estimate of drug-likeness (QED) is 0.387. The first-order chi connectivity index (χ1) is 12.3. The van der Waals surface area contributed by atoms with Crippen LogP contribution < -0.4 is 0 Å². The second-order valence-electron chi connectivity index (χ2n) is 5.60. The van der Waals surface area contributed by atoms with E-state index in [1.807, 2.05) is 0 Å². The summed E-state index contributed by atoms with van der Waals surface area (Å²) in [6.45, 7) is 1.76. The number of thioether (sulfide) groups is 1. The number of alkyl halides is 3. The van der Waals surface area contributed by atoms with Gasteiger partial charge in [0, 0.05) is 17.3 Å². The van der Waals surface area contributed by atoms with E-state index < -0.39 is 17.1 Å². The average Bonchev–Trinajstić information content (AvgIpc) is 2.92. The molecule has 0 saturated heterocycles. The largest absolute Gasteiger partial charge is 0.447 e. The molecule has 1 N–H and O–H groups in total. The van der Waals surface area contributed by atoms with Crippen molar-refractivity contribution in [3.05, 3.63) is 65.7 Å². The van der Waals surface area contributed by atoms with Gasteiger partial charge in [0.25, 0.3) is 0 Å². The van der Waals surface area contributed by atoms with Gasteiger partial charge < -0.3 is 4.98 Å². The van der Waals surface area contributed by atoms with Crippen molar-refractivity contribution in [2.45, 2.75) is 23.9 Å². The molecule has 0 aliphatic carbocycles. The molecule has 0 spiro atoms. The first kappa shape index (κ1) is 18.5. The SMILES string of the molecule is CCc1c(SC(F)(F)F)[nH]c(-c2ccc(F)cc2)c1-c1ccc(F)cc1. The molecular weight excluding hydrogens is 369 g/mol. The summed E-state index contributed by atoms with van der Waals surface area (Å²) in [5, 5.41) is -0.0151. The second kappa shape index (κ2) is 7.15. The van der Waals surface area contributed by atoms with E-state index in [0.29, 0.717) is 34.4 Å². The van der Waals surface area contributed by atoms with Crippen LogP contribution in [0.5, 0.6) is 0 Å². The highest BCUT2D eigenvalue weighted by Gasteiger charge is 2.33.